The van der Waals surface area contributed by atoms with E-state index in [1.807, 2.05) is 0 Å². The summed E-state index contributed by atoms with van der Waals surface area (Å²) in [4.78, 5) is 2.42. The van der Waals surface area contributed by atoms with Gasteiger partial charge in [-0.1, -0.05) is 44.2 Å². The topological polar surface area (TPSA) is 15.3 Å². The van der Waals surface area contributed by atoms with Crippen molar-refractivity contribution in [3.05, 3.63) is 35.9 Å². The highest BCUT2D eigenvalue weighted by Gasteiger charge is 2.39. The van der Waals surface area contributed by atoms with Crippen LogP contribution in [0.5, 0.6) is 0 Å². The Bertz CT molecular complexity index is 393. The van der Waals surface area contributed by atoms with E-state index in [1.54, 1.807) is 0 Å². The van der Waals surface area contributed by atoms with Gasteiger partial charge in [0.15, 0.2) is 0 Å². The van der Waals surface area contributed by atoms with Crippen molar-refractivity contribution in [3.63, 3.8) is 0 Å². The fraction of sp³-hybridized carbons (Fsp3) is 0.667. The largest absolute Gasteiger partial charge is 0.308 e. The van der Waals surface area contributed by atoms with Crippen LogP contribution < -0.4 is 5.32 Å². The lowest BCUT2D eigenvalue weighted by molar-refractivity contribution is 0.0562. The van der Waals surface area contributed by atoms with Crippen LogP contribution in [0.4, 0.5) is 0 Å². The van der Waals surface area contributed by atoms with E-state index in [2.05, 4.69) is 68.5 Å². The van der Waals surface area contributed by atoms with Crippen molar-refractivity contribution >= 4 is 0 Å². The van der Waals surface area contributed by atoms with Crippen molar-refractivity contribution in [2.45, 2.75) is 51.1 Å². The van der Waals surface area contributed by atoms with Crippen molar-refractivity contribution < 1.29 is 0 Å². The highest BCUT2D eigenvalue weighted by atomic mass is 15.2. The zero-order valence-electron chi connectivity index (χ0n) is 13.5. The quantitative estimate of drug-likeness (QED) is 0.812. The van der Waals surface area contributed by atoms with Gasteiger partial charge in [0.05, 0.1) is 0 Å². The van der Waals surface area contributed by atoms with Gasteiger partial charge in [-0.05, 0) is 51.3 Å². The van der Waals surface area contributed by atoms with E-state index >= 15 is 0 Å². The lowest BCUT2D eigenvalue weighted by atomic mass is 9.75. The molecule has 0 aromatic heterocycles. The van der Waals surface area contributed by atoms with Gasteiger partial charge >= 0.3 is 0 Å². The molecule has 1 aliphatic rings. The van der Waals surface area contributed by atoms with Gasteiger partial charge in [0.25, 0.3) is 0 Å². The number of likely N-dealkylation sites (N-methyl/N-ethyl adjacent to an activating group) is 1. The van der Waals surface area contributed by atoms with Crippen molar-refractivity contribution in [1.29, 1.82) is 0 Å². The summed E-state index contributed by atoms with van der Waals surface area (Å²) in [6.45, 7) is 5.72. The number of hydrogen-bond donors (Lipinski definition) is 1. The maximum absolute atomic E-state index is 3.85. The van der Waals surface area contributed by atoms with E-state index in [1.165, 1.54) is 31.2 Å². The summed E-state index contributed by atoms with van der Waals surface area (Å²) in [5, 5.41) is 3.85. The standard InChI is InChI=1S/C18H30N2/c1-15(2)13-17(16-9-6-5-7-10-16)19-14-18(20(3)4)11-8-12-18/h5-7,9-10,15,17,19H,8,11-14H2,1-4H3. The third kappa shape index (κ3) is 3.62. The Morgan fingerprint density at radius 1 is 1.15 bits per heavy atom. The predicted octanol–water partition coefficient (Wildman–Crippen LogP) is 3.85. The Labute approximate surface area is 124 Å². The first-order valence-electron chi connectivity index (χ1n) is 7.99. The lowest BCUT2D eigenvalue weighted by Crippen LogP contribution is -2.56. The van der Waals surface area contributed by atoms with E-state index in [0.717, 1.165) is 6.54 Å². The van der Waals surface area contributed by atoms with Crippen molar-refractivity contribution in [2.75, 3.05) is 20.6 Å². The normalized spacial score (nSPS) is 19.1. The maximum atomic E-state index is 3.85. The Balaban J connectivity index is 2.01. The summed E-state index contributed by atoms with van der Waals surface area (Å²) in [5.74, 6) is 0.712. The first-order chi connectivity index (χ1) is 9.53. The molecule has 1 aliphatic carbocycles. The van der Waals surface area contributed by atoms with E-state index < -0.39 is 0 Å². The molecular formula is C18H30N2. The van der Waals surface area contributed by atoms with Crippen LogP contribution in [-0.4, -0.2) is 31.1 Å². The predicted molar refractivity (Wildman–Crippen MR) is 86.9 cm³/mol. The van der Waals surface area contributed by atoms with E-state index in [0.29, 0.717) is 17.5 Å². The summed E-state index contributed by atoms with van der Waals surface area (Å²) in [6, 6.07) is 11.4. The lowest BCUT2D eigenvalue weighted by Gasteiger charge is -2.48. The molecule has 112 valence electrons. The fourth-order valence-corrected chi connectivity index (χ4v) is 3.17. The highest BCUT2D eigenvalue weighted by molar-refractivity contribution is 5.19. The summed E-state index contributed by atoms with van der Waals surface area (Å²) >= 11 is 0. The molecule has 1 saturated carbocycles. The molecular weight excluding hydrogens is 244 g/mol. The van der Waals surface area contributed by atoms with Gasteiger partial charge in [-0.2, -0.15) is 0 Å². The van der Waals surface area contributed by atoms with Crippen LogP contribution in [0, 0.1) is 5.92 Å². The van der Waals surface area contributed by atoms with Crippen LogP contribution in [0.25, 0.3) is 0 Å². The molecule has 1 unspecified atom stereocenters. The van der Waals surface area contributed by atoms with Crippen molar-refractivity contribution in [1.82, 2.24) is 10.2 Å². The molecule has 0 heterocycles. The maximum Gasteiger partial charge on any atom is 0.0328 e. The van der Waals surface area contributed by atoms with Gasteiger partial charge in [0.2, 0.25) is 0 Å². The monoisotopic (exact) mass is 274 g/mol. The zero-order chi connectivity index (χ0) is 14.6. The fourth-order valence-electron chi connectivity index (χ4n) is 3.17. The van der Waals surface area contributed by atoms with Gasteiger partial charge in [-0.25, -0.2) is 0 Å². The molecule has 0 bridgehead atoms. The second-order valence-electron chi connectivity index (χ2n) is 6.95. The van der Waals surface area contributed by atoms with Gasteiger partial charge in [0.1, 0.15) is 0 Å². The molecule has 2 rings (SSSR count). The third-order valence-corrected chi connectivity index (χ3v) is 4.82. The molecule has 20 heavy (non-hydrogen) atoms. The van der Waals surface area contributed by atoms with Gasteiger partial charge in [-0.15, -0.1) is 0 Å². The molecule has 0 aliphatic heterocycles. The molecule has 1 N–H and O–H groups in total. The zero-order valence-corrected chi connectivity index (χ0v) is 13.5. The van der Waals surface area contributed by atoms with Crippen LogP contribution in [-0.2, 0) is 0 Å². The Hall–Kier alpha value is -0.860. The van der Waals surface area contributed by atoms with Crippen LogP contribution in [0.1, 0.15) is 51.1 Å². The average molecular weight is 274 g/mol. The second kappa shape index (κ2) is 6.73. The molecule has 1 aromatic rings. The van der Waals surface area contributed by atoms with Crippen molar-refractivity contribution in [2.24, 2.45) is 5.92 Å². The Morgan fingerprint density at radius 3 is 2.25 bits per heavy atom. The summed E-state index contributed by atoms with van der Waals surface area (Å²) in [5.41, 5.74) is 1.82. The number of nitrogens with zero attached hydrogens (tertiary/aromatic N) is 1. The van der Waals surface area contributed by atoms with E-state index in [9.17, 15) is 0 Å². The van der Waals surface area contributed by atoms with E-state index in [4.69, 9.17) is 0 Å². The minimum absolute atomic E-state index is 0.393. The van der Waals surface area contributed by atoms with Gasteiger partial charge in [-0.3, -0.25) is 0 Å². The number of rotatable bonds is 7. The van der Waals surface area contributed by atoms with Crippen LogP contribution in [0.3, 0.4) is 0 Å². The summed E-state index contributed by atoms with van der Waals surface area (Å²) in [7, 11) is 4.45. The minimum Gasteiger partial charge on any atom is -0.308 e. The Kier molecular flexibility index (Phi) is 5.22. The summed E-state index contributed by atoms with van der Waals surface area (Å²) in [6.07, 6.45) is 5.24. The third-order valence-electron chi connectivity index (χ3n) is 4.82. The number of hydrogen-bond acceptors (Lipinski definition) is 2. The first kappa shape index (κ1) is 15.5. The molecule has 1 fully saturated rings. The van der Waals surface area contributed by atoms with Crippen LogP contribution >= 0.6 is 0 Å². The average Bonchev–Trinajstić information content (AvgIpc) is 2.36. The first-order valence-corrected chi connectivity index (χ1v) is 7.99. The molecule has 1 atom stereocenters. The molecule has 2 nitrogen and oxygen atoms in total. The van der Waals surface area contributed by atoms with Gasteiger partial charge in [0, 0.05) is 18.1 Å². The molecule has 1 aromatic carbocycles. The second-order valence-corrected chi connectivity index (χ2v) is 6.95. The molecule has 0 spiro atoms. The van der Waals surface area contributed by atoms with Crippen LogP contribution in [0.2, 0.25) is 0 Å². The molecule has 0 saturated heterocycles. The summed E-state index contributed by atoms with van der Waals surface area (Å²) < 4.78 is 0. The molecule has 0 radical (unpaired) electrons. The van der Waals surface area contributed by atoms with Gasteiger partial charge < -0.3 is 10.2 Å². The SMILES string of the molecule is CC(C)CC(NCC1(N(C)C)CCC1)c1ccccc1. The minimum atomic E-state index is 0.393. The number of benzene rings is 1. The van der Waals surface area contributed by atoms with Crippen LogP contribution in [0.15, 0.2) is 30.3 Å². The Morgan fingerprint density at radius 2 is 1.80 bits per heavy atom. The van der Waals surface area contributed by atoms with Crippen molar-refractivity contribution in [3.8, 4) is 0 Å². The highest BCUT2D eigenvalue weighted by Crippen LogP contribution is 2.36. The molecule has 2 heteroatoms. The number of nitrogens with one attached hydrogen (secondary N) is 1. The smallest absolute Gasteiger partial charge is 0.0328 e. The molecule has 0 amide bonds. The van der Waals surface area contributed by atoms with E-state index in [-0.39, 0.29) is 0 Å².